The molecule has 15 heavy (non-hydrogen) atoms. The van der Waals surface area contributed by atoms with E-state index in [2.05, 4.69) is 0 Å². The summed E-state index contributed by atoms with van der Waals surface area (Å²) in [6.07, 6.45) is 0.241. The second-order valence-corrected chi connectivity index (χ2v) is 3.06. The first kappa shape index (κ1) is 11.6. The van der Waals surface area contributed by atoms with Gasteiger partial charge in [0.05, 0.1) is 20.1 Å². The van der Waals surface area contributed by atoms with Crippen molar-refractivity contribution in [3.63, 3.8) is 0 Å². The number of hydrogen-bond acceptors (Lipinski definition) is 3. The minimum absolute atomic E-state index is 0.241. The third-order valence-corrected chi connectivity index (χ3v) is 1.95. The Balaban J connectivity index is 2.74. The van der Waals surface area contributed by atoms with Gasteiger partial charge in [-0.15, -0.1) is 0 Å². The van der Waals surface area contributed by atoms with Gasteiger partial charge in [0.25, 0.3) is 0 Å². The smallest absolute Gasteiger partial charge is 0.310 e. The minimum atomic E-state index is -0.246. The summed E-state index contributed by atoms with van der Waals surface area (Å²) in [7, 11) is 7.19. The van der Waals surface area contributed by atoms with Gasteiger partial charge in [0, 0.05) is 0 Å². The Morgan fingerprint density at radius 1 is 1.47 bits per heavy atom. The van der Waals surface area contributed by atoms with Gasteiger partial charge in [-0.2, -0.15) is 0 Å². The molecule has 0 aliphatic carbocycles. The van der Waals surface area contributed by atoms with Gasteiger partial charge in [0.2, 0.25) is 0 Å². The van der Waals surface area contributed by atoms with Gasteiger partial charge in [0.15, 0.2) is 0 Å². The lowest BCUT2D eigenvalue weighted by atomic mass is 9.93. The van der Waals surface area contributed by atoms with E-state index in [9.17, 15) is 4.79 Å². The number of rotatable bonds is 4. The minimum Gasteiger partial charge on any atom is -0.497 e. The van der Waals surface area contributed by atoms with Crippen molar-refractivity contribution in [2.24, 2.45) is 0 Å². The second kappa shape index (κ2) is 5.44. The van der Waals surface area contributed by atoms with E-state index < -0.39 is 0 Å². The number of benzene rings is 1. The van der Waals surface area contributed by atoms with Crippen molar-refractivity contribution in [2.45, 2.75) is 13.3 Å². The molecule has 0 saturated heterocycles. The fourth-order valence-electron chi connectivity index (χ4n) is 1.24. The highest BCUT2D eigenvalue weighted by Gasteiger charge is 2.05. The van der Waals surface area contributed by atoms with E-state index in [1.54, 1.807) is 32.2 Å². The molecule has 0 atom stereocenters. The Kier molecular flexibility index (Phi) is 4.22. The van der Waals surface area contributed by atoms with Crippen LogP contribution in [0.15, 0.2) is 18.2 Å². The van der Waals surface area contributed by atoms with Gasteiger partial charge < -0.3 is 9.47 Å². The van der Waals surface area contributed by atoms with Crippen LogP contribution < -0.4 is 10.2 Å². The Labute approximate surface area is 90.8 Å². The molecule has 0 aliphatic rings. The zero-order valence-corrected chi connectivity index (χ0v) is 8.95. The lowest BCUT2D eigenvalue weighted by molar-refractivity contribution is -0.142. The van der Waals surface area contributed by atoms with E-state index in [4.69, 9.17) is 17.3 Å². The predicted octanol–water partition coefficient (Wildman–Crippen LogP) is 0.595. The lowest BCUT2D eigenvalue weighted by Crippen LogP contribution is -2.11. The first-order valence-electron chi connectivity index (χ1n) is 4.75. The number of esters is 1. The maximum Gasteiger partial charge on any atom is 0.310 e. The van der Waals surface area contributed by atoms with E-state index in [0.29, 0.717) is 17.8 Å². The molecule has 3 nitrogen and oxygen atoms in total. The molecule has 0 bridgehead atoms. The van der Waals surface area contributed by atoms with E-state index >= 15 is 0 Å². The monoisotopic (exact) mass is 204 g/mol. The summed E-state index contributed by atoms with van der Waals surface area (Å²) < 4.78 is 9.89. The Morgan fingerprint density at radius 3 is 2.80 bits per heavy atom. The maximum absolute atomic E-state index is 11.2. The third-order valence-electron chi connectivity index (χ3n) is 1.95. The van der Waals surface area contributed by atoms with Crippen LogP contribution in [0.4, 0.5) is 0 Å². The topological polar surface area (TPSA) is 35.5 Å². The summed E-state index contributed by atoms with van der Waals surface area (Å²) in [5, 5.41) is 0. The van der Waals surface area contributed by atoms with Crippen molar-refractivity contribution in [3.05, 3.63) is 23.8 Å². The third kappa shape index (κ3) is 3.31. The van der Waals surface area contributed by atoms with Crippen LogP contribution in [-0.4, -0.2) is 27.5 Å². The maximum atomic E-state index is 11.2. The lowest BCUT2D eigenvalue weighted by Gasteiger charge is -2.07. The normalized spacial score (nSPS) is 9.73. The molecule has 4 heteroatoms. The molecule has 1 aromatic carbocycles. The van der Waals surface area contributed by atoms with Crippen LogP contribution in [0.25, 0.3) is 0 Å². The molecule has 0 heterocycles. The number of hydrogen-bond donors (Lipinski definition) is 0. The number of carbonyl (C=O) groups excluding carboxylic acids is 1. The van der Waals surface area contributed by atoms with Crippen molar-refractivity contribution in [1.29, 1.82) is 0 Å². The summed E-state index contributed by atoms with van der Waals surface area (Å²) >= 11 is 0. The molecule has 1 rings (SSSR count). The first-order valence-corrected chi connectivity index (χ1v) is 4.75. The first-order chi connectivity index (χ1) is 7.17. The number of carbonyl (C=O) groups is 1. The van der Waals surface area contributed by atoms with E-state index in [1.165, 1.54) is 0 Å². The average molecular weight is 204 g/mol. The second-order valence-electron chi connectivity index (χ2n) is 3.06. The Bertz CT molecular complexity index is 350. The van der Waals surface area contributed by atoms with Crippen molar-refractivity contribution < 1.29 is 14.3 Å². The van der Waals surface area contributed by atoms with Gasteiger partial charge in [-0.25, -0.2) is 0 Å². The highest BCUT2D eigenvalue weighted by Crippen LogP contribution is 2.10. The molecular formula is C11H13BO3. The van der Waals surface area contributed by atoms with Crippen molar-refractivity contribution >= 4 is 19.3 Å². The van der Waals surface area contributed by atoms with Crippen LogP contribution in [0.3, 0.4) is 0 Å². The van der Waals surface area contributed by atoms with Crippen molar-refractivity contribution in [3.8, 4) is 5.75 Å². The van der Waals surface area contributed by atoms with Crippen LogP contribution in [0.1, 0.15) is 12.5 Å². The van der Waals surface area contributed by atoms with Crippen LogP contribution in [0.2, 0.25) is 0 Å². The molecule has 1 aromatic rings. The van der Waals surface area contributed by atoms with E-state index in [0.717, 1.165) is 5.56 Å². The van der Waals surface area contributed by atoms with Crippen LogP contribution in [-0.2, 0) is 16.0 Å². The summed E-state index contributed by atoms with van der Waals surface area (Å²) in [5.41, 5.74) is 1.39. The molecule has 0 aromatic heterocycles. The zero-order valence-electron chi connectivity index (χ0n) is 8.95. The summed E-state index contributed by atoms with van der Waals surface area (Å²) in [4.78, 5) is 11.2. The fraction of sp³-hybridized carbons (Fsp3) is 0.364. The summed E-state index contributed by atoms with van der Waals surface area (Å²) in [6, 6.07) is 5.24. The van der Waals surface area contributed by atoms with Crippen molar-refractivity contribution in [2.75, 3.05) is 13.7 Å². The van der Waals surface area contributed by atoms with Gasteiger partial charge in [0.1, 0.15) is 13.6 Å². The standard InChI is InChI=1S/C11H13BO3/c1-3-15-11(13)7-8-4-5-9(12)10(6-8)14-2/h4-6H,3,7H2,1-2H3. The molecule has 0 unspecified atom stereocenters. The molecule has 0 aliphatic heterocycles. The number of ether oxygens (including phenoxy) is 2. The summed E-state index contributed by atoms with van der Waals surface area (Å²) in [6.45, 7) is 2.17. The fourth-order valence-corrected chi connectivity index (χ4v) is 1.24. The van der Waals surface area contributed by atoms with Crippen LogP contribution in [0.5, 0.6) is 5.75 Å². The molecule has 78 valence electrons. The zero-order chi connectivity index (χ0) is 11.3. The average Bonchev–Trinajstić information content (AvgIpc) is 2.21. The molecule has 0 fully saturated rings. The highest BCUT2D eigenvalue weighted by molar-refractivity contribution is 6.34. The molecule has 0 saturated carbocycles. The van der Waals surface area contributed by atoms with Crippen LogP contribution >= 0.6 is 0 Å². The molecule has 2 radical (unpaired) electrons. The molecule has 0 spiro atoms. The largest absolute Gasteiger partial charge is 0.497 e. The highest BCUT2D eigenvalue weighted by atomic mass is 16.5. The van der Waals surface area contributed by atoms with Gasteiger partial charge >= 0.3 is 5.97 Å². The van der Waals surface area contributed by atoms with E-state index in [1.807, 2.05) is 0 Å². The Morgan fingerprint density at radius 2 is 2.20 bits per heavy atom. The molecular weight excluding hydrogens is 191 g/mol. The van der Waals surface area contributed by atoms with Gasteiger partial charge in [-0.05, 0) is 18.6 Å². The molecule has 0 amide bonds. The Hall–Kier alpha value is -1.45. The van der Waals surface area contributed by atoms with Crippen LogP contribution in [0, 0.1) is 0 Å². The predicted molar refractivity (Wildman–Crippen MR) is 58.7 cm³/mol. The summed E-state index contributed by atoms with van der Waals surface area (Å²) in [5.74, 6) is 0.334. The van der Waals surface area contributed by atoms with Gasteiger partial charge in [-0.1, -0.05) is 17.6 Å². The van der Waals surface area contributed by atoms with Gasteiger partial charge in [-0.3, -0.25) is 4.79 Å². The molecule has 0 N–H and O–H groups in total. The van der Waals surface area contributed by atoms with Crippen molar-refractivity contribution in [1.82, 2.24) is 0 Å². The SMILES string of the molecule is [B]c1ccc(CC(=O)OCC)cc1OC. The van der Waals surface area contributed by atoms with E-state index in [-0.39, 0.29) is 12.4 Å². The number of methoxy groups -OCH3 is 1. The quantitative estimate of drug-likeness (QED) is 0.532.